The van der Waals surface area contributed by atoms with Gasteiger partial charge in [-0.25, -0.2) is 0 Å². The summed E-state index contributed by atoms with van der Waals surface area (Å²) in [5.74, 6) is -0.0940. The van der Waals surface area contributed by atoms with Crippen molar-refractivity contribution in [3.63, 3.8) is 0 Å². The van der Waals surface area contributed by atoms with E-state index in [4.69, 9.17) is 9.47 Å². The van der Waals surface area contributed by atoms with Crippen LogP contribution in [0.2, 0.25) is 0 Å². The lowest BCUT2D eigenvalue weighted by Crippen LogP contribution is -2.54. The molecule has 3 rings (SSSR count). The van der Waals surface area contributed by atoms with Crippen LogP contribution in [0.1, 0.15) is 26.7 Å². The number of hydrogen-bond acceptors (Lipinski definition) is 5. The summed E-state index contributed by atoms with van der Waals surface area (Å²) in [5, 5.41) is 31.7. The van der Waals surface area contributed by atoms with Gasteiger partial charge in [0.1, 0.15) is 0 Å². The highest BCUT2D eigenvalue weighted by atomic mass is 16.7. The minimum atomic E-state index is -0.828. The molecule has 1 spiro atoms. The molecule has 0 amide bonds. The first kappa shape index (κ1) is 15.4. The van der Waals surface area contributed by atoms with E-state index in [9.17, 15) is 15.3 Å². The summed E-state index contributed by atoms with van der Waals surface area (Å²) in [7, 11) is 1.57. The number of ether oxygens (including phenoxy) is 2. The molecule has 3 N–H and O–H groups in total. The van der Waals surface area contributed by atoms with Crippen LogP contribution in [0.15, 0.2) is 12.2 Å². The molecule has 0 bridgehead atoms. The van der Waals surface area contributed by atoms with Crippen LogP contribution < -0.4 is 0 Å². The smallest absolute Gasteiger partial charge is 0.169 e. The zero-order valence-electron chi connectivity index (χ0n) is 13.0. The molecule has 8 atom stereocenters. The Hall–Kier alpha value is -0.460. The molecule has 5 nitrogen and oxygen atoms in total. The predicted octanol–water partition coefficient (Wildman–Crippen LogP) is 0.680. The first-order valence-corrected chi connectivity index (χ1v) is 7.67. The maximum absolute atomic E-state index is 11.2. The summed E-state index contributed by atoms with van der Waals surface area (Å²) in [6, 6.07) is 0. The molecular formula is C16H26O5. The summed E-state index contributed by atoms with van der Waals surface area (Å²) in [6.45, 7) is 8.50. The Balaban J connectivity index is 2.07. The molecule has 1 aliphatic heterocycles. The van der Waals surface area contributed by atoms with E-state index in [0.717, 1.165) is 5.57 Å². The Morgan fingerprint density at radius 1 is 1.33 bits per heavy atom. The average Bonchev–Trinajstić information content (AvgIpc) is 2.89. The van der Waals surface area contributed by atoms with E-state index in [1.165, 1.54) is 0 Å². The van der Waals surface area contributed by atoms with Crippen molar-refractivity contribution in [2.75, 3.05) is 13.7 Å². The van der Waals surface area contributed by atoms with Crippen LogP contribution in [-0.4, -0.2) is 53.6 Å². The summed E-state index contributed by atoms with van der Waals surface area (Å²) in [5.41, 5.74) is -0.342. The van der Waals surface area contributed by atoms with Crippen molar-refractivity contribution in [2.45, 2.75) is 51.3 Å². The van der Waals surface area contributed by atoms with Gasteiger partial charge in [0, 0.05) is 12.5 Å². The number of aliphatic hydroxyl groups excluding tert-OH is 3. The Bertz CT molecular complexity index is 452. The molecule has 1 heterocycles. The van der Waals surface area contributed by atoms with Gasteiger partial charge >= 0.3 is 0 Å². The number of aliphatic hydroxyl groups is 3. The van der Waals surface area contributed by atoms with Crippen LogP contribution in [0, 0.1) is 22.7 Å². The second kappa shape index (κ2) is 4.77. The molecule has 2 aliphatic carbocycles. The number of methoxy groups -OCH3 is 1. The van der Waals surface area contributed by atoms with Crippen LogP contribution in [-0.2, 0) is 9.47 Å². The highest BCUT2D eigenvalue weighted by molar-refractivity contribution is 5.28. The first-order valence-electron chi connectivity index (χ1n) is 7.67. The molecule has 21 heavy (non-hydrogen) atoms. The fourth-order valence-corrected chi connectivity index (χ4v) is 5.07. The summed E-state index contributed by atoms with van der Waals surface area (Å²) in [4.78, 5) is 0. The maximum atomic E-state index is 11.2. The molecular weight excluding hydrogens is 272 g/mol. The van der Waals surface area contributed by atoms with Crippen molar-refractivity contribution in [3.05, 3.63) is 12.2 Å². The van der Waals surface area contributed by atoms with Crippen molar-refractivity contribution in [1.29, 1.82) is 0 Å². The van der Waals surface area contributed by atoms with E-state index in [1.54, 1.807) is 7.11 Å². The van der Waals surface area contributed by atoms with E-state index in [0.29, 0.717) is 19.4 Å². The molecule has 5 heteroatoms. The van der Waals surface area contributed by atoms with Gasteiger partial charge in [-0.2, -0.15) is 0 Å². The van der Waals surface area contributed by atoms with E-state index < -0.39 is 35.4 Å². The molecule has 3 aliphatic rings. The van der Waals surface area contributed by atoms with E-state index in [2.05, 4.69) is 6.58 Å². The van der Waals surface area contributed by atoms with Gasteiger partial charge in [-0.05, 0) is 30.3 Å². The van der Waals surface area contributed by atoms with Gasteiger partial charge in [-0.3, -0.25) is 0 Å². The first-order chi connectivity index (χ1) is 9.80. The topological polar surface area (TPSA) is 79.2 Å². The van der Waals surface area contributed by atoms with Crippen LogP contribution in [0.25, 0.3) is 0 Å². The van der Waals surface area contributed by atoms with Crippen molar-refractivity contribution >= 4 is 0 Å². The Labute approximate surface area is 125 Å². The molecule has 0 aromatic carbocycles. The van der Waals surface area contributed by atoms with Gasteiger partial charge < -0.3 is 24.8 Å². The van der Waals surface area contributed by atoms with Crippen LogP contribution in [0.4, 0.5) is 0 Å². The zero-order valence-corrected chi connectivity index (χ0v) is 13.0. The lowest BCUT2D eigenvalue weighted by molar-refractivity contribution is -0.179. The monoisotopic (exact) mass is 298 g/mol. The van der Waals surface area contributed by atoms with Crippen LogP contribution in [0.5, 0.6) is 0 Å². The predicted molar refractivity (Wildman–Crippen MR) is 76.3 cm³/mol. The fourth-order valence-electron chi connectivity index (χ4n) is 5.07. The van der Waals surface area contributed by atoms with Crippen LogP contribution in [0.3, 0.4) is 0 Å². The molecule has 3 unspecified atom stereocenters. The van der Waals surface area contributed by atoms with Crippen molar-refractivity contribution in [1.82, 2.24) is 0 Å². The highest BCUT2D eigenvalue weighted by Crippen LogP contribution is 2.66. The standard InChI is InChI=1S/C16H26O5/c1-8-5-11(17)12(18)10-6-16(13(19)15(8,10)3)9(2)7-21-14(16)20-4/h8,10-14,17-19H,2,5-7H2,1,3-4H3/t8-,10-,11?,12?,13-,14-,15+,16?/m1/s1. The van der Waals surface area contributed by atoms with Crippen LogP contribution >= 0.6 is 0 Å². The molecule has 3 fully saturated rings. The Kier molecular flexibility index (Phi) is 3.50. The summed E-state index contributed by atoms with van der Waals surface area (Å²) < 4.78 is 11.1. The lowest BCUT2D eigenvalue weighted by atomic mass is 9.60. The summed E-state index contributed by atoms with van der Waals surface area (Å²) in [6.07, 6.45) is -1.79. The minimum Gasteiger partial charge on any atom is -0.391 e. The second-order valence-corrected chi connectivity index (χ2v) is 7.30. The molecule has 2 saturated carbocycles. The largest absolute Gasteiger partial charge is 0.391 e. The number of fused-ring (bicyclic) bond motifs is 1. The van der Waals surface area contributed by atoms with E-state index in [1.807, 2.05) is 13.8 Å². The maximum Gasteiger partial charge on any atom is 0.169 e. The van der Waals surface area contributed by atoms with E-state index in [-0.39, 0.29) is 11.8 Å². The quantitative estimate of drug-likeness (QED) is 0.621. The second-order valence-electron chi connectivity index (χ2n) is 7.30. The average molecular weight is 298 g/mol. The van der Waals surface area contributed by atoms with Gasteiger partial charge in [0.25, 0.3) is 0 Å². The fraction of sp³-hybridized carbons (Fsp3) is 0.875. The molecule has 0 aromatic rings. The third kappa shape index (κ3) is 1.70. The van der Waals surface area contributed by atoms with E-state index >= 15 is 0 Å². The van der Waals surface area contributed by atoms with Crippen molar-refractivity contribution < 1.29 is 24.8 Å². The van der Waals surface area contributed by atoms with Gasteiger partial charge in [0.15, 0.2) is 6.29 Å². The van der Waals surface area contributed by atoms with Gasteiger partial charge in [-0.15, -0.1) is 0 Å². The third-order valence-corrected chi connectivity index (χ3v) is 6.60. The van der Waals surface area contributed by atoms with Gasteiger partial charge in [0.2, 0.25) is 0 Å². The van der Waals surface area contributed by atoms with Gasteiger partial charge in [0.05, 0.1) is 30.3 Å². The molecule has 1 saturated heterocycles. The SMILES string of the molecule is C=C1CO[C@@H](OC)C12C[C@@H]1C(O)C(O)C[C@@H](C)[C@]1(C)[C@H]2O. The zero-order chi connectivity index (χ0) is 15.6. The Morgan fingerprint density at radius 2 is 2.00 bits per heavy atom. The van der Waals surface area contributed by atoms with Crippen molar-refractivity contribution in [3.8, 4) is 0 Å². The molecule has 0 radical (unpaired) electrons. The Morgan fingerprint density at radius 3 is 2.62 bits per heavy atom. The number of rotatable bonds is 1. The highest BCUT2D eigenvalue weighted by Gasteiger charge is 2.70. The lowest BCUT2D eigenvalue weighted by Gasteiger charge is -2.49. The number of hydrogen-bond donors (Lipinski definition) is 3. The van der Waals surface area contributed by atoms with Gasteiger partial charge in [-0.1, -0.05) is 20.4 Å². The third-order valence-electron chi connectivity index (χ3n) is 6.60. The molecule has 0 aromatic heterocycles. The normalized spacial score (nSPS) is 57.0. The molecule has 120 valence electrons. The minimum absolute atomic E-state index is 0.0983. The van der Waals surface area contributed by atoms with Crippen molar-refractivity contribution in [2.24, 2.45) is 22.7 Å². The summed E-state index contributed by atoms with van der Waals surface area (Å²) >= 11 is 0.